The molecule has 2 aromatic rings. The number of fused-ring (bicyclic) bond motifs is 1. The fraction of sp³-hybridized carbons (Fsp3) is 0.474. The highest BCUT2D eigenvalue weighted by Gasteiger charge is 2.32. The maximum absolute atomic E-state index is 15.0. The van der Waals surface area contributed by atoms with Crippen LogP contribution in [0.2, 0.25) is 5.02 Å². The Morgan fingerprint density at radius 3 is 2.67 bits per heavy atom. The molecule has 144 valence electrons. The lowest BCUT2D eigenvalue weighted by Crippen LogP contribution is -2.30. The Labute approximate surface area is 160 Å². The van der Waals surface area contributed by atoms with Gasteiger partial charge in [-0.1, -0.05) is 11.6 Å². The summed E-state index contributed by atoms with van der Waals surface area (Å²) in [6.45, 7) is 3.17. The average molecular weight is 394 g/mol. The van der Waals surface area contributed by atoms with Gasteiger partial charge in [-0.2, -0.15) is 0 Å². The second-order valence-electron chi connectivity index (χ2n) is 7.59. The van der Waals surface area contributed by atoms with Gasteiger partial charge in [-0.3, -0.25) is 4.79 Å². The molecular weight excluding hydrogens is 373 g/mol. The van der Waals surface area contributed by atoms with Crippen LogP contribution in [-0.2, 0) is 0 Å². The van der Waals surface area contributed by atoms with Crippen molar-refractivity contribution in [2.75, 3.05) is 18.0 Å². The monoisotopic (exact) mass is 393 g/mol. The Morgan fingerprint density at radius 2 is 2.11 bits per heavy atom. The molecule has 3 N–H and O–H groups in total. The minimum Gasteiger partial charge on any atom is -0.477 e. The van der Waals surface area contributed by atoms with Crippen molar-refractivity contribution in [3.05, 3.63) is 38.9 Å². The van der Waals surface area contributed by atoms with Crippen molar-refractivity contribution < 1.29 is 14.3 Å². The molecule has 1 aliphatic heterocycles. The third kappa shape index (κ3) is 2.99. The standard InChI is InChI=1S/C19H21ClFN3O3/c1-9(22)10-4-5-23(7-10)17-14(21)6-12-16(15(17)20)24(11-2-3-11)8-13(18(12)25)19(26)27/h6,8-11H,2-5,7,22H2,1H3,(H,26,27)/t9-,10+/m0/s1. The molecule has 1 aliphatic carbocycles. The van der Waals surface area contributed by atoms with Crippen molar-refractivity contribution >= 4 is 34.2 Å². The predicted octanol–water partition coefficient (Wildman–Crippen LogP) is 3.00. The van der Waals surface area contributed by atoms with Gasteiger partial charge in [0.2, 0.25) is 5.43 Å². The highest BCUT2D eigenvalue weighted by atomic mass is 35.5. The molecule has 0 spiro atoms. The first-order valence-electron chi connectivity index (χ1n) is 9.10. The Hall–Kier alpha value is -2.12. The van der Waals surface area contributed by atoms with E-state index in [0.717, 1.165) is 25.3 Å². The van der Waals surface area contributed by atoms with Crippen LogP contribution in [0.25, 0.3) is 10.9 Å². The minimum absolute atomic E-state index is 0.0000578. The third-order valence-corrected chi connectivity index (χ3v) is 6.00. The molecule has 1 saturated heterocycles. The van der Waals surface area contributed by atoms with Crippen molar-refractivity contribution in [3.63, 3.8) is 0 Å². The van der Waals surface area contributed by atoms with Gasteiger partial charge in [0.05, 0.1) is 21.6 Å². The van der Waals surface area contributed by atoms with Gasteiger partial charge in [0.1, 0.15) is 11.4 Å². The van der Waals surface area contributed by atoms with Crippen LogP contribution in [0.4, 0.5) is 10.1 Å². The number of carboxylic acids is 1. The lowest BCUT2D eigenvalue weighted by atomic mass is 10.0. The zero-order valence-corrected chi connectivity index (χ0v) is 15.7. The molecular formula is C19H21ClFN3O3. The summed E-state index contributed by atoms with van der Waals surface area (Å²) in [5.74, 6) is -1.69. The maximum atomic E-state index is 15.0. The highest BCUT2D eigenvalue weighted by molar-refractivity contribution is 6.38. The van der Waals surface area contributed by atoms with E-state index in [9.17, 15) is 19.1 Å². The molecule has 8 heteroatoms. The molecule has 0 unspecified atom stereocenters. The van der Waals surface area contributed by atoms with Crippen LogP contribution in [0.3, 0.4) is 0 Å². The molecule has 4 rings (SSSR count). The summed E-state index contributed by atoms with van der Waals surface area (Å²) >= 11 is 6.62. The predicted molar refractivity (Wildman–Crippen MR) is 102 cm³/mol. The largest absolute Gasteiger partial charge is 0.477 e. The minimum atomic E-state index is -1.32. The SMILES string of the molecule is C[C@H](N)[C@@H]1CCN(c2c(F)cc3c(=O)c(C(=O)O)cn(C4CC4)c3c2Cl)C1. The third-order valence-electron chi connectivity index (χ3n) is 5.64. The second kappa shape index (κ2) is 6.49. The van der Waals surface area contributed by atoms with Gasteiger partial charge in [0.15, 0.2) is 0 Å². The molecule has 6 nitrogen and oxygen atoms in total. The number of halogens is 2. The molecule has 1 saturated carbocycles. The molecule has 27 heavy (non-hydrogen) atoms. The quantitative estimate of drug-likeness (QED) is 0.833. The molecule has 0 amide bonds. The van der Waals surface area contributed by atoms with Crippen LogP contribution in [0.15, 0.2) is 17.1 Å². The van der Waals surface area contributed by atoms with E-state index in [4.69, 9.17) is 17.3 Å². The summed E-state index contributed by atoms with van der Waals surface area (Å²) in [4.78, 5) is 25.9. The number of hydrogen-bond donors (Lipinski definition) is 2. The normalized spacial score (nSPS) is 21.0. The van der Waals surface area contributed by atoms with Gasteiger partial charge in [-0.25, -0.2) is 9.18 Å². The van der Waals surface area contributed by atoms with Crippen LogP contribution < -0.4 is 16.1 Å². The number of rotatable bonds is 4. The number of aromatic nitrogens is 1. The molecule has 2 atom stereocenters. The van der Waals surface area contributed by atoms with Crippen LogP contribution in [0.1, 0.15) is 42.6 Å². The number of pyridine rings is 1. The van der Waals surface area contributed by atoms with Crippen molar-refractivity contribution in [1.82, 2.24) is 4.57 Å². The fourth-order valence-corrected chi connectivity index (χ4v) is 4.34. The second-order valence-corrected chi connectivity index (χ2v) is 7.96. The first-order valence-corrected chi connectivity index (χ1v) is 9.48. The van der Waals surface area contributed by atoms with E-state index in [-0.39, 0.29) is 39.7 Å². The smallest absolute Gasteiger partial charge is 0.341 e. The van der Waals surface area contributed by atoms with Crippen LogP contribution in [-0.4, -0.2) is 34.8 Å². The summed E-state index contributed by atoms with van der Waals surface area (Å²) < 4.78 is 16.7. The van der Waals surface area contributed by atoms with Gasteiger partial charge in [0, 0.05) is 31.4 Å². The molecule has 1 aromatic carbocycles. The Morgan fingerprint density at radius 1 is 1.41 bits per heavy atom. The van der Waals surface area contributed by atoms with Crippen LogP contribution >= 0.6 is 11.6 Å². The lowest BCUT2D eigenvalue weighted by Gasteiger charge is -2.24. The van der Waals surface area contributed by atoms with Gasteiger partial charge < -0.3 is 20.3 Å². The molecule has 0 radical (unpaired) electrons. The number of hydrogen-bond acceptors (Lipinski definition) is 4. The first kappa shape index (κ1) is 18.3. The number of carboxylic acid groups (broad SMARTS) is 1. The van der Waals surface area contributed by atoms with Gasteiger partial charge >= 0.3 is 5.97 Å². The van der Waals surface area contributed by atoms with Crippen molar-refractivity contribution in [1.29, 1.82) is 0 Å². The average Bonchev–Trinajstić information content (AvgIpc) is 3.32. The molecule has 1 aromatic heterocycles. The van der Waals surface area contributed by atoms with E-state index < -0.39 is 17.2 Å². The van der Waals surface area contributed by atoms with Crippen molar-refractivity contribution in [2.24, 2.45) is 11.7 Å². The molecule has 2 fully saturated rings. The number of carbonyl (C=O) groups is 1. The maximum Gasteiger partial charge on any atom is 0.341 e. The van der Waals surface area contributed by atoms with Gasteiger partial charge in [0.25, 0.3) is 0 Å². The van der Waals surface area contributed by atoms with Crippen molar-refractivity contribution in [3.8, 4) is 0 Å². The Balaban J connectivity index is 1.94. The highest BCUT2D eigenvalue weighted by Crippen LogP contribution is 2.43. The van der Waals surface area contributed by atoms with Crippen LogP contribution in [0, 0.1) is 11.7 Å². The number of aromatic carboxylic acids is 1. The Kier molecular flexibility index (Phi) is 4.39. The summed E-state index contributed by atoms with van der Waals surface area (Å²) in [6.07, 6.45) is 3.93. The van der Waals surface area contributed by atoms with E-state index >= 15 is 0 Å². The Bertz CT molecular complexity index is 1000. The lowest BCUT2D eigenvalue weighted by molar-refractivity contribution is 0.0695. The van der Waals surface area contributed by atoms with Crippen molar-refractivity contribution in [2.45, 2.75) is 38.3 Å². The number of nitrogens with zero attached hydrogens (tertiary/aromatic N) is 2. The number of anilines is 1. The summed E-state index contributed by atoms with van der Waals surface area (Å²) in [5, 5.41) is 9.51. The van der Waals surface area contributed by atoms with Gasteiger partial charge in [-0.15, -0.1) is 0 Å². The van der Waals surface area contributed by atoms with Gasteiger partial charge in [-0.05, 0) is 38.2 Å². The summed E-state index contributed by atoms with van der Waals surface area (Å²) in [7, 11) is 0. The van der Waals surface area contributed by atoms with E-state index in [1.54, 1.807) is 4.57 Å². The van der Waals surface area contributed by atoms with E-state index in [1.807, 2.05) is 11.8 Å². The fourth-order valence-electron chi connectivity index (χ4n) is 3.93. The first-order chi connectivity index (χ1) is 12.8. The topological polar surface area (TPSA) is 88.6 Å². The van der Waals surface area contributed by atoms with E-state index in [0.29, 0.717) is 18.6 Å². The zero-order valence-electron chi connectivity index (χ0n) is 14.9. The van der Waals surface area contributed by atoms with Crippen LogP contribution in [0.5, 0.6) is 0 Å². The molecule has 2 aliphatic rings. The molecule has 0 bridgehead atoms. The summed E-state index contributed by atoms with van der Waals surface area (Å²) in [6, 6.07) is 1.21. The zero-order chi connectivity index (χ0) is 19.5. The number of benzene rings is 1. The number of nitrogens with two attached hydrogens (primary N) is 1. The molecule has 2 heterocycles. The van der Waals surface area contributed by atoms with E-state index in [2.05, 4.69) is 0 Å². The van der Waals surface area contributed by atoms with E-state index in [1.165, 1.54) is 6.20 Å². The summed E-state index contributed by atoms with van der Waals surface area (Å²) in [5.41, 5.74) is 5.59.